The summed E-state index contributed by atoms with van der Waals surface area (Å²) in [7, 11) is 0. The lowest BCUT2D eigenvalue weighted by Crippen LogP contribution is -2.28. The van der Waals surface area contributed by atoms with Crippen LogP contribution in [0.25, 0.3) is 0 Å². The number of nitrogens with one attached hydrogen (secondary N) is 3. The van der Waals surface area contributed by atoms with Gasteiger partial charge in [-0.05, 0) is 23.7 Å². The van der Waals surface area contributed by atoms with Crippen molar-refractivity contribution in [2.75, 3.05) is 5.32 Å². The lowest BCUT2D eigenvalue weighted by molar-refractivity contribution is 0.0880. The van der Waals surface area contributed by atoms with Crippen LogP contribution in [0.2, 0.25) is 0 Å². The highest BCUT2D eigenvalue weighted by Gasteiger charge is 2.17. The molecule has 1 aliphatic rings. The largest absolute Gasteiger partial charge is 0.379 e. The molecule has 0 fully saturated rings. The summed E-state index contributed by atoms with van der Waals surface area (Å²) in [5.41, 5.74) is 12.2. The van der Waals surface area contributed by atoms with Gasteiger partial charge in [-0.2, -0.15) is 5.48 Å². The van der Waals surface area contributed by atoms with Gasteiger partial charge < -0.3 is 11.1 Å². The molecule has 90 valence electrons. The monoisotopic (exact) mass is 235 g/mol. The zero-order valence-electron chi connectivity index (χ0n) is 9.19. The number of hydroxylamine groups is 2. The van der Waals surface area contributed by atoms with Crippen molar-refractivity contribution in [2.24, 2.45) is 10.9 Å². The molecule has 1 aromatic carbocycles. The highest BCUT2D eigenvalue weighted by molar-refractivity contribution is 5.97. The molecule has 2 rings (SSSR count). The van der Waals surface area contributed by atoms with E-state index < -0.39 is 0 Å². The third kappa shape index (κ3) is 2.23. The van der Waals surface area contributed by atoms with Gasteiger partial charge in [-0.1, -0.05) is 18.2 Å². The predicted octanol–water partition coefficient (Wildman–Crippen LogP) is 0.362. The minimum absolute atomic E-state index is 0.141. The van der Waals surface area contributed by atoms with Crippen molar-refractivity contribution in [3.63, 3.8) is 0 Å². The number of aryl methyl sites for hydroxylation is 1. The first-order valence-corrected chi connectivity index (χ1v) is 4.95. The molecule has 0 atom stereocenters. The molecule has 0 amide bonds. The number of nitrogens with zero attached hydrogens (tertiary/aromatic N) is 1. The maximum atomic E-state index is 9.08. The van der Waals surface area contributed by atoms with E-state index in [1.807, 2.05) is 36.7 Å². The highest BCUT2D eigenvalue weighted by Crippen LogP contribution is 2.16. The second kappa shape index (κ2) is 4.62. The van der Waals surface area contributed by atoms with E-state index in [1.54, 1.807) is 0 Å². The van der Waals surface area contributed by atoms with Gasteiger partial charge in [0, 0.05) is 5.69 Å². The minimum Gasteiger partial charge on any atom is -0.379 e. The van der Waals surface area contributed by atoms with Crippen molar-refractivity contribution in [3.05, 3.63) is 41.3 Å². The van der Waals surface area contributed by atoms with Crippen molar-refractivity contribution in [3.8, 4) is 0 Å². The first-order chi connectivity index (χ1) is 8.22. The number of hydrogen-bond donors (Lipinski definition) is 5. The molecular formula is C10H13N5O2. The van der Waals surface area contributed by atoms with Gasteiger partial charge in [0.05, 0.1) is 0 Å². The number of amidine groups is 1. The van der Waals surface area contributed by atoms with Gasteiger partial charge >= 0.3 is 0 Å². The van der Waals surface area contributed by atoms with Crippen LogP contribution < -0.4 is 22.0 Å². The zero-order valence-corrected chi connectivity index (χ0v) is 9.19. The van der Waals surface area contributed by atoms with Crippen LogP contribution in [-0.4, -0.2) is 11.0 Å². The molecule has 17 heavy (non-hydrogen) atoms. The standard InChI is InChI=1S/C10H13N5O2/c1-6-4-2-3-5-7(6)12-10(13-16)8-9(11)15-17-14-8/h2-5,12-14,16H,1H3,(H2,11,15). The fraction of sp³-hybridized carbons (Fsp3) is 0.100. The van der Waals surface area contributed by atoms with Crippen molar-refractivity contribution in [2.45, 2.75) is 6.92 Å². The Kier molecular flexibility index (Phi) is 3.01. The van der Waals surface area contributed by atoms with Crippen LogP contribution >= 0.6 is 0 Å². The van der Waals surface area contributed by atoms with Crippen LogP contribution in [0.5, 0.6) is 0 Å². The van der Waals surface area contributed by atoms with Gasteiger partial charge in [0.1, 0.15) is 0 Å². The Hall–Kier alpha value is -2.41. The van der Waals surface area contributed by atoms with Crippen LogP contribution in [0.1, 0.15) is 5.56 Å². The molecule has 0 aromatic heterocycles. The number of nitrogens with two attached hydrogens (primary N) is 1. The van der Waals surface area contributed by atoms with Crippen molar-refractivity contribution in [1.29, 1.82) is 0 Å². The maximum absolute atomic E-state index is 9.08. The lowest BCUT2D eigenvalue weighted by atomic mass is 10.2. The van der Waals surface area contributed by atoms with E-state index in [0.29, 0.717) is 5.70 Å². The molecule has 1 aromatic rings. The van der Waals surface area contributed by atoms with Crippen molar-refractivity contribution >= 4 is 11.5 Å². The molecule has 0 aliphatic carbocycles. The number of rotatable bonds is 3. The maximum Gasteiger partial charge on any atom is 0.196 e. The van der Waals surface area contributed by atoms with Gasteiger partial charge in [-0.3, -0.25) is 15.6 Å². The first kappa shape index (κ1) is 11.1. The highest BCUT2D eigenvalue weighted by atomic mass is 16.8. The van der Waals surface area contributed by atoms with E-state index in [4.69, 9.17) is 10.9 Å². The number of oxime groups is 1. The van der Waals surface area contributed by atoms with Gasteiger partial charge in [0.2, 0.25) is 0 Å². The minimum atomic E-state index is 0.141. The molecule has 0 spiro atoms. The lowest BCUT2D eigenvalue weighted by Gasteiger charge is -2.13. The Bertz CT molecular complexity index is 483. The predicted molar refractivity (Wildman–Crippen MR) is 62.6 cm³/mol. The van der Waals surface area contributed by atoms with E-state index in [-0.39, 0.29) is 11.7 Å². The molecule has 1 aliphatic heterocycles. The summed E-state index contributed by atoms with van der Waals surface area (Å²) in [6.45, 7) is 1.94. The van der Waals surface area contributed by atoms with E-state index >= 15 is 0 Å². The average Bonchev–Trinajstić information content (AvgIpc) is 2.75. The summed E-state index contributed by atoms with van der Waals surface area (Å²) >= 11 is 0. The number of hydrogen-bond acceptors (Lipinski definition) is 7. The summed E-state index contributed by atoms with van der Waals surface area (Å²) < 4.78 is 0. The Morgan fingerprint density at radius 1 is 1.47 bits per heavy atom. The molecular weight excluding hydrogens is 222 g/mol. The molecule has 0 saturated carbocycles. The Labute approximate surface area is 97.9 Å². The first-order valence-electron chi connectivity index (χ1n) is 4.95. The van der Waals surface area contributed by atoms with Crippen LogP contribution in [0.15, 0.2) is 40.9 Å². The van der Waals surface area contributed by atoms with Gasteiger partial charge in [-0.25, -0.2) is 0 Å². The fourth-order valence-corrected chi connectivity index (χ4v) is 1.39. The molecule has 0 unspecified atom stereocenters. The third-order valence-corrected chi connectivity index (χ3v) is 2.31. The fourth-order valence-electron chi connectivity index (χ4n) is 1.39. The smallest absolute Gasteiger partial charge is 0.196 e. The molecule has 7 heteroatoms. The summed E-state index contributed by atoms with van der Waals surface area (Å²) in [6.07, 6.45) is 0. The van der Waals surface area contributed by atoms with E-state index in [2.05, 4.69) is 20.9 Å². The molecule has 0 saturated heterocycles. The Morgan fingerprint density at radius 3 is 2.82 bits per heavy atom. The topological polar surface area (TPSA) is 104 Å². The molecule has 0 bridgehead atoms. The SMILES string of the molecule is Cc1ccccc1NC(NO)=C1NON=C1N. The second-order valence-corrected chi connectivity index (χ2v) is 3.47. The van der Waals surface area contributed by atoms with E-state index in [1.165, 1.54) is 0 Å². The van der Waals surface area contributed by atoms with Crippen molar-refractivity contribution < 1.29 is 10.1 Å². The summed E-state index contributed by atoms with van der Waals surface area (Å²) in [6, 6.07) is 7.62. The van der Waals surface area contributed by atoms with Gasteiger partial charge in [0.15, 0.2) is 17.4 Å². The summed E-state index contributed by atoms with van der Waals surface area (Å²) in [5.74, 6) is 0.403. The summed E-state index contributed by atoms with van der Waals surface area (Å²) in [5, 5.41) is 15.5. The summed E-state index contributed by atoms with van der Waals surface area (Å²) in [4.78, 5) is 4.58. The molecule has 1 heterocycles. The molecule has 0 radical (unpaired) electrons. The molecule has 7 nitrogen and oxygen atoms in total. The van der Waals surface area contributed by atoms with E-state index in [9.17, 15) is 0 Å². The third-order valence-electron chi connectivity index (χ3n) is 2.31. The number of benzene rings is 1. The average molecular weight is 235 g/mol. The van der Waals surface area contributed by atoms with Crippen LogP contribution in [0.3, 0.4) is 0 Å². The number of anilines is 1. The zero-order chi connectivity index (χ0) is 12.3. The van der Waals surface area contributed by atoms with Gasteiger partial charge in [-0.15, -0.1) is 0 Å². The normalized spacial score (nSPS) is 16.7. The van der Waals surface area contributed by atoms with Crippen LogP contribution in [-0.2, 0) is 4.94 Å². The Morgan fingerprint density at radius 2 is 2.24 bits per heavy atom. The van der Waals surface area contributed by atoms with Crippen LogP contribution in [0, 0.1) is 6.92 Å². The molecule has 6 N–H and O–H groups in total. The quantitative estimate of drug-likeness (QED) is 0.485. The number of para-hydroxylation sites is 1. The van der Waals surface area contributed by atoms with Crippen molar-refractivity contribution in [1.82, 2.24) is 11.0 Å². The van der Waals surface area contributed by atoms with Gasteiger partial charge in [0.25, 0.3) is 0 Å². The van der Waals surface area contributed by atoms with Crippen LogP contribution in [0.4, 0.5) is 5.69 Å². The second-order valence-electron chi connectivity index (χ2n) is 3.47. The van der Waals surface area contributed by atoms with E-state index in [0.717, 1.165) is 11.3 Å². The Balaban J connectivity index is 2.28.